The maximum atomic E-state index is 4.31. The van der Waals surface area contributed by atoms with E-state index >= 15 is 0 Å². The van der Waals surface area contributed by atoms with Crippen molar-refractivity contribution < 1.29 is 0 Å². The Morgan fingerprint density at radius 2 is 2.18 bits per heavy atom. The molecule has 4 heteroatoms. The number of aryl methyl sites for hydroxylation is 2. The molecule has 0 saturated heterocycles. The summed E-state index contributed by atoms with van der Waals surface area (Å²) in [5.74, 6) is 0.736. The fourth-order valence-electron chi connectivity index (χ4n) is 2.26. The molecule has 1 aliphatic rings. The van der Waals surface area contributed by atoms with E-state index < -0.39 is 0 Å². The molecular weight excluding hydrogens is 230 g/mol. The molecule has 0 spiro atoms. The summed E-state index contributed by atoms with van der Waals surface area (Å²) in [4.78, 5) is 10.1. The van der Waals surface area contributed by atoms with Crippen LogP contribution in [0.5, 0.6) is 0 Å². The zero-order valence-corrected chi connectivity index (χ0v) is 10.6. The number of fused-ring (bicyclic) bond motifs is 1. The number of hydrogen-bond donors (Lipinski definition) is 1. The summed E-state index contributed by atoms with van der Waals surface area (Å²) in [6.45, 7) is 2.00. The Kier molecular flexibility index (Phi) is 2.81. The van der Waals surface area contributed by atoms with E-state index in [4.69, 9.17) is 0 Å². The average molecular weight is 245 g/mol. The number of hydrogen-bond acceptors (Lipinski definition) is 4. The van der Waals surface area contributed by atoms with Gasteiger partial charge in [0.2, 0.25) is 5.95 Å². The van der Waals surface area contributed by atoms with E-state index in [1.807, 2.05) is 30.7 Å². The van der Waals surface area contributed by atoms with Crippen LogP contribution in [0.3, 0.4) is 0 Å². The molecule has 2 heterocycles. The van der Waals surface area contributed by atoms with Crippen LogP contribution in [-0.2, 0) is 6.42 Å². The van der Waals surface area contributed by atoms with Crippen molar-refractivity contribution in [3.8, 4) is 0 Å². The lowest BCUT2D eigenvalue weighted by atomic mass is 9.94. The van der Waals surface area contributed by atoms with Crippen molar-refractivity contribution in [2.24, 2.45) is 0 Å². The lowest BCUT2D eigenvalue weighted by Gasteiger charge is -2.23. The van der Waals surface area contributed by atoms with Gasteiger partial charge >= 0.3 is 0 Å². The zero-order chi connectivity index (χ0) is 11.7. The first kappa shape index (κ1) is 10.7. The molecule has 0 aromatic carbocycles. The van der Waals surface area contributed by atoms with Crippen molar-refractivity contribution >= 4 is 17.3 Å². The van der Waals surface area contributed by atoms with E-state index in [1.165, 1.54) is 29.7 Å². The van der Waals surface area contributed by atoms with Crippen LogP contribution < -0.4 is 5.32 Å². The molecule has 0 amide bonds. The van der Waals surface area contributed by atoms with E-state index in [2.05, 4.69) is 26.7 Å². The highest BCUT2D eigenvalue weighted by atomic mass is 32.1. The lowest BCUT2D eigenvalue weighted by molar-refractivity contribution is 0.604. The molecule has 1 unspecified atom stereocenters. The van der Waals surface area contributed by atoms with Crippen molar-refractivity contribution in [1.29, 1.82) is 0 Å². The molecule has 88 valence electrons. The second-order valence-electron chi connectivity index (χ2n) is 4.47. The number of nitrogens with zero attached hydrogens (tertiary/aromatic N) is 2. The van der Waals surface area contributed by atoms with Crippen molar-refractivity contribution in [2.45, 2.75) is 32.2 Å². The summed E-state index contributed by atoms with van der Waals surface area (Å²) in [6, 6.07) is 2.61. The average Bonchev–Trinajstić information content (AvgIpc) is 2.81. The van der Waals surface area contributed by atoms with Crippen LogP contribution in [0.15, 0.2) is 23.8 Å². The highest BCUT2D eigenvalue weighted by Gasteiger charge is 2.21. The second kappa shape index (κ2) is 4.45. The molecule has 3 nitrogen and oxygen atoms in total. The van der Waals surface area contributed by atoms with Gasteiger partial charge in [-0.05, 0) is 48.8 Å². The summed E-state index contributed by atoms with van der Waals surface area (Å²) in [5.41, 5.74) is 2.53. The normalized spacial score (nSPS) is 18.8. The first-order valence-corrected chi connectivity index (χ1v) is 6.82. The van der Waals surface area contributed by atoms with Crippen molar-refractivity contribution in [1.82, 2.24) is 9.97 Å². The molecule has 0 bridgehead atoms. The number of nitrogens with one attached hydrogen (secondary N) is 1. The van der Waals surface area contributed by atoms with Gasteiger partial charge in [0.25, 0.3) is 0 Å². The summed E-state index contributed by atoms with van der Waals surface area (Å²) >= 11 is 1.86. The molecule has 2 aromatic rings. The summed E-state index contributed by atoms with van der Waals surface area (Å²) in [7, 11) is 0. The van der Waals surface area contributed by atoms with Gasteiger partial charge in [0.1, 0.15) is 0 Å². The third-order valence-corrected chi connectivity index (χ3v) is 4.13. The molecule has 1 atom stereocenters. The Morgan fingerprint density at radius 1 is 1.35 bits per heavy atom. The van der Waals surface area contributed by atoms with E-state index in [9.17, 15) is 0 Å². The minimum Gasteiger partial charge on any atom is -0.347 e. The van der Waals surface area contributed by atoms with E-state index in [1.54, 1.807) is 0 Å². The second-order valence-corrected chi connectivity index (χ2v) is 5.47. The minimum absolute atomic E-state index is 0.382. The van der Waals surface area contributed by atoms with Gasteiger partial charge in [-0.2, -0.15) is 0 Å². The van der Waals surface area contributed by atoms with Gasteiger partial charge in [0, 0.05) is 17.3 Å². The third kappa shape index (κ3) is 2.17. The predicted molar refractivity (Wildman–Crippen MR) is 70.4 cm³/mol. The summed E-state index contributed by atoms with van der Waals surface area (Å²) in [6.07, 6.45) is 7.34. The molecule has 0 saturated carbocycles. The zero-order valence-electron chi connectivity index (χ0n) is 9.81. The molecule has 3 rings (SSSR count). The minimum atomic E-state index is 0.382. The highest BCUT2D eigenvalue weighted by molar-refractivity contribution is 7.10. The van der Waals surface area contributed by atoms with Crippen LogP contribution in [0.1, 0.15) is 34.9 Å². The number of anilines is 1. The Hall–Kier alpha value is -1.42. The predicted octanol–water partition coefficient (Wildman–Crippen LogP) is 3.34. The van der Waals surface area contributed by atoms with Crippen molar-refractivity contribution in [3.05, 3.63) is 39.8 Å². The van der Waals surface area contributed by atoms with Crippen LogP contribution in [0.4, 0.5) is 5.95 Å². The monoisotopic (exact) mass is 245 g/mol. The summed E-state index contributed by atoms with van der Waals surface area (Å²) < 4.78 is 0. The van der Waals surface area contributed by atoms with Gasteiger partial charge in [0.05, 0.1) is 6.04 Å². The van der Waals surface area contributed by atoms with E-state index in [0.29, 0.717) is 6.04 Å². The Labute approximate surface area is 105 Å². The van der Waals surface area contributed by atoms with Crippen molar-refractivity contribution in [2.75, 3.05) is 5.32 Å². The number of aromatic nitrogens is 2. The Balaban J connectivity index is 1.81. The maximum Gasteiger partial charge on any atom is 0.223 e. The summed E-state index contributed by atoms with van der Waals surface area (Å²) in [5, 5.41) is 5.62. The molecule has 0 aliphatic heterocycles. The molecule has 1 N–H and O–H groups in total. The van der Waals surface area contributed by atoms with Gasteiger partial charge in [-0.1, -0.05) is 0 Å². The van der Waals surface area contributed by atoms with Crippen LogP contribution in [0.25, 0.3) is 0 Å². The smallest absolute Gasteiger partial charge is 0.223 e. The lowest BCUT2D eigenvalue weighted by Crippen LogP contribution is -2.17. The number of thiophene rings is 1. The Morgan fingerprint density at radius 3 is 3.00 bits per heavy atom. The first-order chi connectivity index (χ1) is 8.33. The van der Waals surface area contributed by atoms with E-state index in [-0.39, 0.29) is 0 Å². The molecule has 0 fully saturated rings. The van der Waals surface area contributed by atoms with Crippen LogP contribution in [-0.4, -0.2) is 9.97 Å². The van der Waals surface area contributed by atoms with Gasteiger partial charge < -0.3 is 5.32 Å². The van der Waals surface area contributed by atoms with Crippen molar-refractivity contribution in [3.63, 3.8) is 0 Å². The van der Waals surface area contributed by atoms with Crippen LogP contribution >= 0.6 is 11.3 Å². The fraction of sp³-hybridized carbons (Fsp3) is 0.385. The van der Waals surface area contributed by atoms with Gasteiger partial charge in [-0.15, -0.1) is 11.3 Å². The molecular formula is C13H15N3S. The highest BCUT2D eigenvalue weighted by Crippen LogP contribution is 2.34. The van der Waals surface area contributed by atoms with Crippen LogP contribution in [0.2, 0.25) is 0 Å². The quantitative estimate of drug-likeness (QED) is 0.881. The maximum absolute atomic E-state index is 4.31. The largest absolute Gasteiger partial charge is 0.347 e. The van der Waals surface area contributed by atoms with Gasteiger partial charge in [-0.3, -0.25) is 0 Å². The molecule has 1 aliphatic carbocycles. The third-order valence-electron chi connectivity index (χ3n) is 3.14. The SMILES string of the molecule is Cc1cnc(NC2CCCc3sccc32)nc1. The first-order valence-electron chi connectivity index (χ1n) is 5.94. The Bertz CT molecular complexity index is 504. The molecule has 2 aromatic heterocycles. The molecule has 0 radical (unpaired) electrons. The van der Waals surface area contributed by atoms with Crippen LogP contribution in [0, 0.1) is 6.92 Å². The molecule has 17 heavy (non-hydrogen) atoms. The topological polar surface area (TPSA) is 37.8 Å². The van der Waals surface area contributed by atoms with Gasteiger partial charge in [0.15, 0.2) is 0 Å². The fourth-order valence-corrected chi connectivity index (χ4v) is 3.25. The van der Waals surface area contributed by atoms with E-state index in [0.717, 1.165) is 11.5 Å². The number of rotatable bonds is 2. The van der Waals surface area contributed by atoms with Gasteiger partial charge in [-0.25, -0.2) is 9.97 Å². The standard InChI is InChI=1S/C13H15N3S/c1-9-7-14-13(15-8-9)16-11-3-2-4-12-10(11)5-6-17-12/h5-8,11H,2-4H2,1H3,(H,14,15,16).